The fraction of sp³-hybridized carbons (Fsp3) is 0.556. The van der Waals surface area contributed by atoms with Gasteiger partial charge in [0.05, 0.1) is 11.8 Å². The number of aliphatic imine (C=N–C) groups is 2. The van der Waals surface area contributed by atoms with Crippen molar-refractivity contribution in [1.29, 1.82) is 0 Å². The van der Waals surface area contributed by atoms with Gasteiger partial charge in [-0.3, -0.25) is 4.90 Å². The van der Waals surface area contributed by atoms with Gasteiger partial charge in [-0.25, -0.2) is 4.99 Å². The standard InChI is InChI=1S/C18H27N5O/c1-3-13(2)24-15-10-6-5-9-14(15)23-17(20)21-16(19)22-18(23)11-7-4-8-12-18/h5-6,9-10,13H,3-4,7-8,11-12H2,1-2H3,(H4,19,20,21,22). The minimum absolute atomic E-state index is 0.130. The third-order valence-electron chi connectivity index (χ3n) is 4.86. The van der Waals surface area contributed by atoms with Crippen LogP contribution in [0.15, 0.2) is 34.3 Å². The molecule has 0 saturated heterocycles. The van der Waals surface area contributed by atoms with E-state index in [-0.39, 0.29) is 12.1 Å². The van der Waals surface area contributed by atoms with Gasteiger partial charge in [-0.15, -0.1) is 0 Å². The van der Waals surface area contributed by atoms with Crippen molar-refractivity contribution >= 4 is 17.6 Å². The molecule has 0 bridgehead atoms. The summed E-state index contributed by atoms with van der Waals surface area (Å²) >= 11 is 0. The van der Waals surface area contributed by atoms with Crippen LogP contribution in [0.5, 0.6) is 5.75 Å². The first-order chi connectivity index (χ1) is 11.6. The fourth-order valence-electron chi connectivity index (χ4n) is 3.51. The molecule has 4 N–H and O–H groups in total. The highest BCUT2D eigenvalue weighted by atomic mass is 16.5. The summed E-state index contributed by atoms with van der Waals surface area (Å²) in [5, 5.41) is 0. The van der Waals surface area contributed by atoms with E-state index in [0.29, 0.717) is 5.96 Å². The molecule has 1 aromatic rings. The molecule has 0 amide bonds. The number of hydrogen-bond acceptors (Lipinski definition) is 6. The van der Waals surface area contributed by atoms with Crippen molar-refractivity contribution in [1.82, 2.24) is 0 Å². The molecule has 130 valence electrons. The zero-order valence-electron chi connectivity index (χ0n) is 14.5. The molecule has 0 radical (unpaired) electrons. The number of anilines is 1. The lowest BCUT2D eigenvalue weighted by molar-refractivity contribution is 0.216. The molecule has 1 spiro atoms. The molecule has 0 aromatic heterocycles. The molecule has 1 atom stereocenters. The molecule has 1 aliphatic carbocycles. The third kappa shape index (κ3) is 3.05. The van der Waals surface area contributed by atoms with Crippen molar-refractivity contribution in [2.75, 3.05) is 4.90 Å². The van der Waals surface area contributed by atoms with E-state index in [2.05, 4.69) is 18.8 Å². The predicted molar refractivity (Wildman–Crippen MR) is 98.4 cm³/mol. The minimum atomic E-state index is -0.441. The average Bonchev–Trinajstić information content (AvgIpc) is 2.56. The van der Waals surface area contributed by atoms with Crippen LogP contribution in [0.2, 0.25) is 0 Å². The van der Waals surface area contributed by atoms with E-state index in [9.17, 15) is 0 Å². The van der Waals surface area contributed by atoms with Crippen LogP contribution in [0.3, 0.4) is 0 Å². The quantitative estimate of drug-likeness (QED) is 0.888. The summed E-state index contributed by atoms with van der Waals surface area (Å²) in [5.41, 5.74) is 12.7. The first kappa shape index (κ1) is 16.6. The zero-order chi connectivity index (χ0) is 17.2. The lowest BCUT2D eigenvalue weighted by Gasteiger charge is -2.46. The molecule has 1 saturated carbocycles. The molecule has 6 heteroatoms. The Labute approximate surface area is 143 Å². The van der Waals surface area contributed by atoms with Gasteiger partial charge < -0.3 is 16.2 Å². The van der Waals surface area contributed by atoms with Gasteiger partial charge in [-0.2, -0.15) is 4.99 Å². The van der Waals surface area contributed by atoms with Crippen LogP contribution >= 0.6 is 0 Å². The summed E-state index contributed by atoms with van der Waals surface area (Å²) in [6, 6.07) is 7.97. The maximum absolute atomic E-state index is 6.30. The number of nitrogens with zero attached hydrogens (tertiary/aromatic N) is 3. The Morgan fingerprint density at radius 2 is 1.92 bits per heavy atom. The smallest absolute Gasteiger partial charge is 0.220 e. The molecule has 1 fully saturated rings. The summed E-state index contributed by atoms with van der Waals surface area (Å²) in [7, 11) is 0. The third-order valence-corrected chi connectivity index (χ3v) is 4.86. The number of para-hydroxylation sites is 2. The second-order valence-electron chi connectivity index (χ2n) is 6.62. The van der Waals surface area contributed by atoms with Gasteiger partial charge in [0.1, 0.15) is 11.4 Å². The first-order valence-electron chi connectivity index (χ1n) is 8.81. The number of nitrogens with two attached hydrogens (primary N) is 2. The van der Waals surface area contributed by atoms with E-state index in [0.717, 1.165) is 43.5 Å². The molecular formula is C18H27N5O. The number of guanidine groups is 2. The van der Waals surface area contributed by atoms with Gasteiger partial charge >= 0.3 is 0 Å². The van der Waals surface area contributed by atoms with Crippen LogP contribution in [0.25, 0.3) is 0 Å². The molecule has 24 heavy (non-hydrogen) atoms. The lowest BCUT2D eigenvalue weighted by atomic mass is 9.87. The minimum Gasteiger partial charge on any atom is -0.489 e. The summed E-state index contributed by atoms with van der Waals surface area (Å²) in [4.78, 5) is 11.0. The van der Waals surface area contributed by atoms with Crippen LogP contribution in [0.1, 0.15) is 52.4 Å². The van der Waals surface area contributed by atoms with Crippen molar-refractivity contribution in [3.63, 3.8) is 0 Å². The molecular weight excluding hydrogens is 302 g/mol. The first-order valence-corrected chi connectivity index (χ1v) is 8.81. The van der Waals surface area contributed by atoms with Crippen LogP contribution in [0.4, 0.5) is 5.69 Å². The van der Waals surface area contributed by atoms with E-state index in [4.69, 9.17) is 21.2 Å². The van der Waals surface area contributed by atoms with E-state index in [1.165, 1.54) is 6.42 Å². The number of hydrogen-bond donors (Lipinski definition) is 2. The predicted octanol–water partition coefficient (Wildman–Crippen LogP) is 2.97. The zero-order valence-corrected chi connectivity index (χ0v) is 14.5. The lowest BCUT2D eigenvalue weighted by Crippen LogP contribution is -2.58. The van der Waals surface area contributed by atoms with Gasteiger partial charge in [0, 0.05) is 0 Å². The largest absolute Gasteiger partial charge is 0.489 e. The number of benzene rings is 1. The monoisotopic (exact) mass is 329 g/mol. The maximum atomic E-state index is 6.30. The molecule has 1 heterocycles. The topological polar surface area (TPSA) is 89.2 Å². The van der Waals surface area contributed by atoms with E-state index < -0.39 is 5.66 Å². The summed E-state index contributed by atoms with van der Waals surface area (Å²) in [6.07, 6.45) is 6.33. The van der Waals surface area contributed by atoms with Crippen molar-refractivity contribution in [2.45, 2.75) is 64.1 Å². The molecule has 1 aliphatic heterocycles. The second kappa shape index (κ2) is 6.71. The van der Waals surface area contributed by atoms with Crippen LogP contribution in [0, 0.1) is 0 Å². The van der Waals surface area contributed by atoms with Crippen LogP contribution < -0.4 is 21.1 Å². The highest BCUT2D eigenvalue weighted by Crippen LogP contribution is 2.42. The van der Waals surface area contributed by atoms with Crippen LogP contribution in [-0.4, -0.2) is 23.7 Å². The molecule has 6 nitrogen and oxygen atoms in total. The summed E-state index contributed by atoms with van der Waals surface area (Å²) in [6.45, 7) is 4.18. The molecule has 1 aromatic carbocycles. The van der Waals surface area contributed by atoms with Gasteiger partial charge in [-0.1, -0.05) is 25.5 Å². The van der Waals surface area contributed by atoms with Gasteiger partial charge in [-0.05, 0) is 51.2 Å². The van der Waals surface area contributed by atoms with E-state index in [1.54, 1.807) is 0 Å². The van der Waals surface area contributed by atoms with Crippen molar-refractivity contribution in [2.24, 2.45) is 21.5 Å². The summed E-state index contributed by atoms with van der Waals surface area (Å²) in [5.74, 6) is 1.47. The van der Waals surface area contributed by atoms with Gasteiger partial charge in [0.15, 0.2) is 0 Å². The van der Waals surface area contributed by atoms with Crippen molar-refractivity contribution < 1.29 is 4.74 Å². The SMILES string of the molecule is CCC(C)Oc1ccccc1N1C(N)=NC(N)=NC12CCCCC2. The van der Waals surface area contributed by atoms with E-state index in [1.807, 2.05) is 29.2 Å². The Morgan fingerprint density at radius 1 is 1.21 bits per heavy atom. The average molecular weight is 329 g/mol. The van der Waals surface area contributed by atoms with Crippen molar-refractivity contribution in [3.8, 4) is 5.75 Å². The number of ether oxygens (including phenoxy) is 1. The Kier molecular flexibility index (Phi) is 4.64. The Bertz CT molecular complexity index is 649. The van der Waals surface area contributed by atoms with Crippen molar-refractivity contribution in [3.05, 3.63) is 24.3 Å². The maximum Gasteiger partial charge on any atom is 0.220 e. The molecule has 3 rings (SSSR count). The summed E-state index contributed by atoms with van der Waals surface area (Å²) < 4.78 is 6.13. The van der Waals surface area contributed by atoms with Crippen LogP contribution in [-0.2, 0) is 0 Å². The fourth-order valence-corrected chi connectivity index (χ4v) is 3.51. The highest BCUT2D eigenvalue weighted by molar-refractivity contribution is 6.06. The number of rotatable bonds is 4. The normalized spacial score (nSPS) is 21.2. The highest BCUT2D eigenvalue weighted by Gasteiger charge is 2.43. The molecule has 1 unspecified atom stereocenters. The molecule has 2 aliphatic rings. The Morgan fingerprint density at radius 3 is 2.62 bits per heavy atom. The Balaban J connectivity index is 2.04. The van der Waals surface area contributed by atoms with Gasteiger partial charge in [0.2, 0.25) is 11.9 Å². The van der Waals surface area contributed by atoms with Gasteiger partial charge in [0.25, 0.3) is 0 Å². The Hall–Kier alpha value is -2.24. The second-order valence-corrected chi connectivity index (χ2v) is 6.62. The van der Waals surface area contributed by atoms with E-state index >= 15 is 0 Å².